The predicted molar refractivity (Wildman–Crippen MR) is 94.7 cm³/mol. The van der Waals surface area contributed by atoms with E-state index in [1.54, 1.807) is 4.90 Å². The highest BCUT2D eigenvalue weighted by Crippen LogP contribution is 2.23. The molecule has 0 spiro atoms. The van der Waals surface area contributed by atoms with E-state index in [9.17, 15) is 14.7 Å². The lowest BCUT2D eigenvalue weighted by Gasteiger charge is -2.37. The molecule has 3 rings (SSSR count). The number of aliphatic hydroxyl groups is 1. The zero-order valence-electron chi connectivity index (χ0n) is 15.3. The fourth-order valence-corrected chi connectivity index (χ4v) is 4.05. The Kier molecular flexibility index (Phi) is 7.10. The van der Waals surface area contributed by atoms with Crippen LogP contribution in [0.1, 0.15) is 44.9 Å². The summed E-state index contributed by atoms with van der Waals surface area (Å²) in [7, 11) is 0. The van der Waals surface area contributed by atoms with E-state index in [2.05, 4.69) is 10.6 Å². The second-order valence-electron chi connectivity index (χ2n) is 7.46. The van der Waals surface area contributed by atoms with Gasteiger partial charge in [-0.1, -0.05) is 12.8 Å². The van der Waals surface area contributed by atoms with Crippen molar-refractivity contribution in [3.8, 4) is 0 Å². The van der Waals surface area contributed by atoms with Crippen LogP contribution in [-0.2, 0) is 14.3 Å². The second-order valence-corrected chi connectivity index (χ2v) is 7.46. The fourth-order valence-electron chi connectivity index (χ4n) is 4.05. The van der Waals surface area contributed by atoms with E-state index >= 15 is 0 Å². The van der Waals surface area contributed by atoms with Crippen LogP contribution in [-0.4, -0.2) is 79.1 Å². The lowest BCUT2D eigenvalue weighted by molar-refractivity contribution is -0.143. The molecule has 8 nitrogen and oxygen atoms in total. The van der Waals surface area contributed by atoms with Gasteiger partial charge in [-0.25, -0.2) is 4.79 Å². The van der Waals surface area contributed by atoms with Gasteiger partial charge in [0.15, 0.2) is 0 Å². The monoisotopic (exact) mass is 369 g/mol. The number of carbonyl (C=O) groups excluding carboxylic acids is 2. The van der Waals surface area contributed by atoms with Crippen molar-refractivity contribution >= 4 is 11.9 Å². The normalized spacial score (nSPS) is 30.2. The molecule has 26 heavy (non-hydrogen) atoms. The third-order valence-electron chi connectivity index (χ3n) is 5.57. The van der Waals surface area contributed by atoms with E-state index in [1.165, 1.54) is 0 Å². The summed E-state index contributed by atoms with van der Waals surface area (Å²) in [4.78, 5) is 26.3. The third kappa shape index (κ3) is 5.31. The van der Waals surface area contributed by atoms with Crippen molar-refractivity contribution in [3.05, 3.63) is 0 Å². The Labute approximate surface area is 154 Å². The molecule has 3 N–H and O–H groups in total. The summed E-state index contributed by atoms with van der Waals surface area (Å²) in [6.07, 6.45) is 5.42. The third-order valence-corrected chi connectivity index (χ3v) is 5.57. The van der Waals surface area contributed by atoms with Gasteiger partial charge in [-0.05, 0) is 25.7 Å². The lowest BCUT2D eigenvalue weighted by Crippen LogP contribution is -2.55. The SMILES string of the molecule is O=C(NC1CCCC1)N[C@H]1CC[C@@H](CC(=O)N2CCOCC2)O[C@H]1CO. The minimum Gasteiger partial charge on any atom is -0.394 e. The lowest BCUT2D eigenvalue weighted by atomic mass is 9.97. The maximum atomic E-state index is 12.4. The molecule has 3 amide bonds. The highest BCUT2D eigenvalue weighted by molar-refractivity contribution is 5.77. The quantitative estimate of drug-likeness (QED) is 0.651. The van der Waals surface area contributed by atoms with Gasteiger partial charge < -0.3 is 30.1 Å². The van der Waals surface area contributed by atoms with E-state index in [1.807, 2.05) is 0 Å². The number of hydrogen-bond acceptors (Lipinski definition) is 5. The Balaban J connectivity index is 1.43. The average Bonchev–Trinajstić information content (AvgIpc) is 3.16. The Hall–Kier alpha value is -1.38. The average molecular weight is 369 g/mol. The first-order valence-corrected chi connectivity index (χ1v) is 9.84. The summed E-state index contributed by atoms with van der Waals surface area (Å²) >= 11 is 0. The molecule has 0 radical (unpaired) electrons. The van der Waals surface area contributed by atoms with Crippen LogP contribution in [0.3, 0.4) is 0 Å². The van der Waals surface area contributed by atoms with Gasteiger partial charge in [-0.2, -0.15) is 0 Å². The van der Waals surface area contributed by atoms with E-state index in [-0.39, 0.29) is 36.7 Å². The Morgan fingerprint density at radius 2 is 1.77 bits per heavy atom. The number of ether oxygens (including phenoxy) is 2. The van der Waals surface area contributed by atoms with Crippen LogP contribution in [0.2, 0.25) is 0 Å². The summed E-state index contributed by atoms with van der Waals surface area (Å²) in [5.41, 5.74) is 0. The van der Waals surface area contributed by atoms with Crippen LogP contribution in [0.5, 0.6) is 0 Å². The molecule has 0 aromatic carbocycles. The number of morpholine rings is 1. The zero-order valence-corrected chi connectivity index (χ0v) is 15.3. The topological polar surface area (TPSA) is 100 Å². The van der Waals surface area contributed by atoms with Crippen molar-refractivity contribution in [2.45, 2.75) is 69.2 Å². The van der Waals surface area contributed by atoms with Crippen LogP contribution in [0.15, 0.2) is 0 Å². The first-order valence-electron chi connectivity index (χ1n) is 9.84. The van der Waals surface area contributed by atoms with Gasteiger partial charge in [-0.15, -0.1) is 0 Å². The number of amides is 3. The molecule has 3 fully saturated rings. The van der Waals surface area contributed by atoms with Crippen LogP contribution in [0, 0.1) is 0 Å². The van der Waals surface area contributed by atoms with Crippen molar-refractivity contribution < 1.29 is 24.2 Å². The maximum Gasteiger partial charge on any atom is 0.315 e. The van der Waals surface area contributed by atoms with Crippen molar-refractivity contribution in [3.63, 3.8) is 0 Å². The van der Waals surface area contributed by atoms with E-state index in [4.69, 9.17) is 9.47 Å². The number of nitrogens with one attached hydrogen (secondary N) is 2. The predicted octanol–water partition coefficient (Wildman–Crippen LogP) is 0.386. The summed E-state index contributed by atoms with van der Waals surface area (Å²) in [6, 6.07) is -0.158. The Morgan fingerprint density at radius 1 is 1.04 bits per heavy atom. The van der Waals surface area contributed by atoms with Crippen molar-refractivity contribution in [2.24, 2.45) is 0 Å². The van der Waals surface area contributed by atoms with E-state index in [0.717, 1.165) is 25.7 Å². The summed E-state index contributed by atoms with van der Waals surface area (Å²) < 4.78 is 11.2. The first-order chi connectivity index (χ1) is 12.7. The van der Waals surface area contributed by atoms with Crippen molar-refractivity contribution in [1.29, 1.82) is 0 Å². The summed E-state index contributed by atoms with van der Waals surface area (Å²) in [5.74, 6) is 0.0698. The molecule has 0 aromatic heterocycles. The molecule has 3 aliphatic rings. The molecule has 2 saturated heterocycles. The van der Waals surface area contributed by atoms with Gasteiger partial charge in [0.05, 0.1) is 38.4 Å². The Morgan fingerprint density at radius 3 is 2.46 bits per heavy atom. The van der Waals surface area contributed by atoms with Gasteiger partial charge >= 0.3 is 6.03 Å². The van der Waals surface area contributed by atoms with Gasteiger partial charge in [0.1, 0.15) is 6.10 Å². The fraction of sp³-hybridized carbons (Fsp3) is 0.889. The molecule has 2 aliphatic heterocycles. The molecule has 3 atom stereocenters. The highest BCUT2D eigenvalue weighted by atomic mass is 16.5. The standard InChI is InChI=1S/C18H31N3O5/c22-12-16-15(20-18(24)19-13-3-1-2-4-13)6-5-14(26-16)11-17(23)21-7-9-25-10-8-21/h13-16,22H,1-12H2,(H2,19,20,24)/t14-,15-,16-/m0/s1. The van der Waals surface area contributed by atoms with E-state index < -0.39 is 6.10 Å². The number of carbonyl (C=O) groups is 2. The number of hydrogen-bond donors (Lipinski definition) is 3. The van der Waals surface area contributed by atoms with Crippen LogP contribution >= 0.6 is 0 Å². The minimum atomic E-state index is -0.472. The first kappa shape index (κ1) is 19.4. The molecule has 148 valence electrons. The van der Waals surface area contributed by atoms with Gasteiger partial charge in [0.25, 0.3) is 0 Å². The van der Waals surface area contributed by atoms with Crippen molar-refractivity contribution in [1.82, 2.24) is 15.5 Å². The molecule has 1 saturated carbocycles. The molecule has 0 aromatic rings. The van der Waals surface area contributed by atoms with Crippen LogP contribution in [0.25, 0.3) is 0 Å². The Bertz CT molecular complexity index is 477. The molecule has 8 heteroatoms. The molecule has 0 bridgehead atoms. The molecule has 1 aliphatic carbocycles. The van der Waals surface area contributed by atoms with Crippen LogP contribution in [0.4, 0.5) is 4.79 Å². The van der Waals surface area contributed by atoms with Gasteiger partial charge in [0.2, 0.25) is 5.91 Å². The molecular weight excluding hydrogens is 338 g/mol. The number of nitrogens with zero attached hydrogens (tertiary/aromatic N) is 1. The smallest absolute Gasteiger partial charge is 0.315 e. The molecule has 2 heterocycles. The van der Waals surface area contributed by atoms with Gasteiger partial charge in [0, 0.05) is 19.1 Å². The number of aliphatic hydroxyl groups excluding tert-OH is 1. The molecule has 0 unspecified atom stereocenters. The zero-order chi connectivity index (χ0) is 18.4. The number of rotatable bonds is 5. The highest BCUT2D eigenvalue weighted by Gasteiger charge is 2.34. The van der Waals surface area contributed by atoms with E-state index in [0.29, 0.717) is 45.6 Å². The van der Waals surface area contributed by atoms with Gasteiger partial charge in [-0.3, -0.25) is 4.79 Å². The summed E-state index contributed by atoms with van der Waals surface area (Å²) in [6.45, 7) is 2.24. The number of urea groups is 1. The largest absolute Gasteiger partial charge is 0.394 e. The van der Waals surface area contributed by atoms with Crippen LogP contribution < -0.4 is 10.6 Å². The second kappa shape index (κ2) is 9.53. The minimum absolute atomic E-state index is 0.0698. The maximum absolute atomic E-state index is 12.4. The molecular formula is C18H31N3O5. The van der Waals surface area contributed by atoms with Crippen molar-refractivity contribution in [2.75, 3.05) is 32.9 Å². The summed E-state index contributed by atoms with van der Waals surface area (Å²) in [5, 5.41) is 15.6.